The van der Waals surface area contributed by atoms with Crippen molar-refractivity contribution in [1.82, 2.24) is 19.5 Å². The minimum absolute atomic E-state index is 0.0482. The SMILES string of the molecule is O=C(Nc1nc2c(ncn2[C@@H]2O[C@H](COC(=O)c3ccccc3)[C@@H](OC(=O)c3ccccc3)[C@H]2OC(=O)c2ccccc2)c(=O)[nH]1)c1ccccc1. The third-order valence-electron chi connectivity index (χ3n) is 8.15. The van der Waals surface area contributed by atoms with Gasteiger partial charge in [-0.05, 0) is 48.5 Å². The molecule has 3 heterocycles. The molecule has 4 atom stereocenters. The van der Waals surface area contributed by atoms with Gasteiger partial charge in [0.2, 0.25) is 5.95 Å². The van der Waals surface area contributed by atoms with Gasteiger partial charge in [-0.1, -0.05) is 72.8 Å². The summed E-state index contributed by atoms with van der Waals surface area (Å²) in [5, 5.41) is 2.57. The molecule has 1 amide bonds. The number of fused-ring (bicyclic) bond motifs is 1. The predicted molar refractivity (Wildman–Crippen MR) is 184 cm³/mol. The number of esters is 3. The van der Waals surface area contributed by atoms with Crippen LogP contribution in [0.2, 0.25) is 0 Å². The molecule has 14 heteroatoms. The zero-order valence-corrected chi connectivity index (χ0v) is 27.2. The molecule has 0 unspecified atom stereocenters. The van der Waals surface area contributed by atoms with E-state index in [1.165, 1.54) is 10.9 Å². The van der Waals surface area contributed by atoms with Crippen molar-refractivity contribution in [1.29, 1.82) is 0 Å². The van der Waals surface area contributed by atoms with Crippen molar-refractivity contribution in [3.05, 3.63) is 160 Å². The third-order valence-corrected chi connectivity index (χ3v) is 8.15. The van der Waals surface area contributed by atoms with Crippen LogP contribution in [0.1, 0.15) is 47.7 Å². The Kier molecular flexibility index (Phi) is 9.62. The molecule has 0 radical (unpaired) electrons. The van der Waals surface area contributed by atoms with Crippen LogP contribution in [0.4, 0.5) is 5.95 Å². The number of imidazole rings is 1. The lowest BCUT2D eigenvalue weighted by Crippen LogP contribution is -2.41. The fraction of sp³-hybridized carbons (Fsp3) is 0.132. The highest BCUT2D eigenvalue weighted by Crippen LogP contribution is 2.36. The van der Waals surface area contributed by atoms with E-state index in [2.05, 4.69) is 20.3 Å². The molecule has 6 aromatic rings. The maximum atomic E-state index is 13.6. The molecule has 260 valence electrons. The number of aromatic amines is 1. The minimum Gasteiger partial charge on any atom is -0.459 e. The summed E-state index contributed by atoms with van der Waals surface area (Å²) in [6, 6.07) is 32.9. The molecular weight excluding hydrogens is 670 g/mol. The van der Waals surface area contributed by atoms with Crippen LogP contribution in [0, 0.1) is 0 Å². The summed E-state index contributed by atoms with van der Waals surface area (Å²) in [5.41, 5.74) is 0.156. The average Bonchev–Trinajstić information content (AvgIpc) is 3.76. The van der Waals surface area contributed by atoms with Gasteiger partial charge < -0.3 is 18.9 Å². The van der Waals surface area contributed by atoms with E-state index in [0.717, 1.165) is 0 Å². The monoisotopic (exact) mass is 699 g/mol. The summed E-state index contributed by atoms with van der Waals surface area (Å²) in [6.45, 7) is -0.421. The van der Waals surface area contributed by atoms with Crippen molar-refractivity contribution < 1.29 is 38.1 Å². The Morgan fingerprint density at radius 1 is 0.692 bits per heavy atom. The Bertz CT molecular complexity index is 2280. The van der Waals surface area contributed by atoms with E-state index < -0.39 is 60.5 Å². The van der Waals surface area contributed by atoms with Crippen LogP contribution in [0.5, 0.6) is 0 Å². The first-order valence-corrected chi connectivity index (χ1v) is 16.1. The van der Waals surface area contributed by atoms with Crippen molar-refractivity contribution >= 4 is 40.9 Å². The van der Waals surface area contributed by atoms with Gasteiger partial charge in [-0.2, -0.15) is 4.98 Å². The van der Waals surface area contributed by atoms with Gasteiger partial charge in [0.25, 0.3) is 11.5 Å². The van der Waals surface area contributed by atoms with E-state index in [1.807, 2.05) is 0 Å². The Morgan fingerprint density at radius 3 is 1.75 bits per heavy atom. The number of nitrogens with zero attached hydrogens (tertiary/aromatic N) is 3. The van der Waals surface area contributed by atoms with Crippen molar-refractivity contribution in [2.75, 3.05) is 11.9 Å². The first-order chi connectivity index (χ1) is 25.4. The Morgan fingerprint density at radius 2 is 1.19 bits per heavy atom. The highest BCUT2D eigenvalue weighted by atomic mass is 16.7. The van der Waals surface area contributed by atoms with Crippen molar-refractivity contribution in [3.8, 4) is 0 Å². The molecule has 2 aromatic heterocycles. The van der Waals surface area contributed by atoms with Gasteiger partial charge in [-0.3, -0.25) is 24.5 Å². The summed E-state index contributed by atoms with van der Waals surface area (Å²) in [4.78, 5) is 77.3. The number of nitrogens with one attached hydrogen (secondary N) is 2. The summed E-state index contributed by atoms with van der Waals surface area (Å²) in [7, 11) is 0. The van der Waals surface area contributed by atoms with Gasteiger partial charge in [0.05, 0.1) is 23.0 Å². The van der Waals surface area contributed by atoms with Gasteiger partial charge >= 0.3 is 17.9 Å². The average molecular weight is 700 g/mol. The van der Waals surface area contributed by atoms with Gasteiger partial charge in [0.1, 0.15) is 12.7 Å². The quantitative estimate of drug-likeness (QED) is 0.151. The first-order valence-electron chi connectivity index (χ1n) is 16.1. The van der Waals surface area contributed by atoms with E-state index in [0.29, 0.717) is 5.56 Å². The molecule has 7 rings (SSSR count). The number of anilines is 1. The maximum absolute atomic E-state index is 13.6. The van der Waals surface area contributed by atoms with Crippen molar-refractivity contribution in [2.45, 2.75) is 24.5 Å². The normalized spacial score (nSPS) is 18.0. The number of amides is 1. The van der Waals surface area contributed by atoms with Gasteiger partial charge in [0, 0.05) is 5.56 Å². The molecule has 0 saturated carbocycles. The number of carbonyl (C=O) groups is 4. The number of benzene rings is 4. The lowest BCUT2D eigenvalue weighted by Gasteiger charge is -2.25. The Labute approximate surface area is 295 Å². The lowest BCUT2D eigenvalue weighted by molar-refractivity contribution is -0.0606. The number of hydrogen-bond acceptors (Lipinski definition) is 11. The summed E-state index contributed by atoms with van der Waals surface area (Å²) >= 11 is 0. The fourth-order valence-corrected chi connectivity index (χ4v) is 5.62. The molecule has 2 N–H and O–H groups in total. The summed E-state index contributed by atoms with van der Waals surface area (Å²) in [6.07, 6.45) is -3.99. The predicted octanol–water partition coefficient (Wildman–Crippen LogP) is 4.58. The topological polar surface area (TPSA) is 181 Å². The molecule has 1 aliphatic heterocycles. The van der Waals surface area contributed by atoms with Crippen LogP contribution >= 0.6 is 0 Å². The van der Waals surface area contributed by atoms with Crippen LogP contribution < -0.4 is 10.9 Å². The summed E-state index contributed by atoms with van der Waals surface area (Å²) in [5.74, 6) is -2.92. The van der Waals surface area contributed by atoms with E-state index in [9.17, 15) is 24.0 Å². The standard InChI is InChI=1S/C38H29N5O9/c44-32(23-13-5-1-6-14-23)41-38-40-31-28(33(45)42-38)39-22-43(31)34-30(52-37(48)26-19-11-4-12-20-26)29(51-36(47)25-17-9-3-10-18-25)27(50-34)21-49-35(46)24-15-7-2-8-16-24/h1-20,22,27,29-30,34H,21H2,(H2,40,41,42,44,45)/t27-,29-,30-,34-/m1/s1. The van der Waals surface area contributed by atoms with Crippen molar-refractivity contribution in [2.24, 2.45) is 0 Å². The second-order valence-corrected chi connectivity index (χ2v) is 11.6. The van der Waals surface area contributed by atoms with Gasteiger partial charge in [-0.15, -0.1) is 0 Å². The zero-order chi connectivity index (χ0) is 36.0. The van der Waals surface area contributed by atoms with E-state index in [1.54, 1.807) is 121 Å². The van der Waals surface area contributed by atoms with Crippen LogP contribution in [-0.2, 0) is 18.9 Å². The number of H-pyrrole nitrogens is 1. The number of hydrogen-bond donors (Lipinski definition) is 2. The number of aromatic nitrogens is 4. The maximum Gasteiger partial charge on any atom is 0.338 e. The Balaban J connectivity index is 1.27. The van der Waals surface area contributed by atoms with Gasteiger partial charge in [0.15, 0.2) is 29.6 Å². The molecule has 0 aliphatic carbocycles. The molecule has 1 fully saturated rings. The molecule has 0 bridgehead atoms. The minimum atomic E-state index is -1.39. The number of ether oxygens (including phenoxy) is 4. The second-order valence-electron chi connectivity index (χ2n) is 11.6. The number of rotatable bonds is 10. The summed E-state index contributed by atoms with van der Waals surface area (Å²) < 4.78 is 25.3. The molecule has 1 aliphatic rings. The van der Waals surface area contributed by atoms with Crippen LogP contribution in [0.25, 0.3) is 11.2 Å². The van der Waals surface area contributed by atoms with Crippen molar-refractivity contribution in [3.63, 3.8) is 0 Å². The molecule has 14 nitrogen and oxygen atoms in total. The largest absolute Gasteiger partial charge is 0.459 e. The smallest absolute Gasteiger partial charge is 0.338 e. The van der Waals surface area contributed by atoms with E-state index in [4.69, 9.17) is 18.9 Å². The van der Waals surface area contributed by atoms with E-state index in [-0.39, 0.29) is 33.8 Å². The highest BCUT2D eigenvalue weighted by Gasteiger charge is 2.52. The zero-order valence-electron chi connectivity index (χ0n) is 27.2. The molecule has 0 spiro atoms. The molecule has 4 aromatic carbocycles. The van der Waals surface area contributed by atoms with Crippen LogP contribution in [-0.4, -0.2) is 68.3 Å². The fourth-order valence-electron chi connectivity index (χ4n) is 5.62. The van der Waals surface area contributed by atoms with Crippen LogP contribution in [0.15, 0.2) is 132 Å². The Hall–Kier alpha value is -6.93. The molecule has 1 saturated heterocycles. The van der Waals surface area contributed by atoms with E-state index >= 15 is 0 Å². The lowest BCUT2D eigenvalue weighted by atomic mass is 10.1. The first kappa shape index (κ1) is 33.6. The number of carbonyl (C=O) groups excluding carboxylic acids is 4. The molecule has 52 heavy (non-hydrogen) atoms. The highest BCUT2D eigenvalue weighted by molar-refractivity contribution is 6.03. The second kappa shape index (κ2) is 14.9. The van der Waals surface area contributed by atoms with Crippen LogP contribution in [0.3, 0.4) is 0 Å². The molecular formula is C38H29N5O9. The van der Waals surface area contributed by atoms with Gasteiger partial charge in [-0.25, -0.2) is 19.4 Å². The third kappa shape index (κ3) is 7.18.